The molecule has 0 N–H and O–H groups in total. The fourth-order valence-corrected chi connectivity index (χ4v) is 2.38. The van der Waals surface area contributed by atoms with Crippen molar-refractivity contribution in [3.05, 3.63) is 22.8 Å². The van der Waals surface area contributed by atoms with Gasteiger partial charge < -0.3 is 0 Å². The molecule has 0 nitrogen and oxygen atoms in total. The van der Waals surface area contributed by atoms with E-state index in [1.807, 2.05) is 0 Å². The van der Waals surface area contributed by atoms with E-state index >= 15 is 0 Å². The Balaban J connectivity index is 2.32. The third-order valence-electron chi connectivity index (χ3n) is 3.15. The SMILES string of the molecule is CC1=CCC2=C1CCC[C@@H]2C. The van der Waals surface area contributed by atoms with Gasteiger partial charge in [-0.2, -0.15) is 0 Å². The van der Waals surface area contributed by atoms with Gasteiger partial charge in [-0.1, -0.05) is 24.1 Å². The molecule has 0 aliphatic heterocycles. The van der Waals surface area contributed by atoms with E-state index in [4.69, 9.17) is 0 Å². The fourth-order valence-electron chi connectivity index (χ4n) is 2.38. The van der Waals surface area contributed by atoms with Crippen molar-refractivity contribution in [2.24, 2.45) is 5.92 Å². The van der Waals surface area contributed by atoms with Gasteiger partial charge in [-0.3, -0.25) is 0 Å². The van der Waals surface area contributed by atoms with Gasteiger partial charge >= 0.3 is 0 Å². The molecule has 2 aliphatic carbocycles. The average molecular weight is 148 g/mol. The zero-order valence-electron chi connectivity index (χ0n) is 7.48. The molecule has 0 heterocycles. The third kappa shape index (κ3) is 1.05. The molecule has 2 rings (SSSR count). The van der Waals surface area contributed by atoms with Gasteiger partial charge in [-0.05, 0) is 44.1 Å². The van der Waals surface area contributed by atoms with Crippen molar-refractivity contribution in [1.29, 1.82) is 0 Å². The lowest BCUT2D eigenvalue weighted by atomic mass is 9.84. The van der Waals surface area contributed by atoms with Crippen LogP contribution in [0.1, 0.15) is 39.5 Å². The molecule has 0 fully saturated rings. The highest BCUT2D eigenvalue weighted by molar-refractivity contribution is 5.43. The van der Waals surface area contributed by atoms with Crippen LogP contribution in [0, 0.1) is 5.92 Å². The van der Waals surface area contributed by atoms with Crippen LogP contribution < -0.4 is 0 Å². The van der Waals surface area contributed by atoms with Crippen molar-refractivity contribution in [2.75, 3.05) is 0 Å². The Morgan fingerprint density at radius 2 is 2.27 bits per heavy atom. The van der Waals surface area contributed by atoms with Gasteiger partial charge in [-0.15, -0.1) is 0 Å². The van der Waals surface area contributed by atoms with Gasteiger partial charge in [0.2, 0.25) is 0 Å². The summed E-state index contributed by atoms with van der Waals surface area (Å²) in [6, 6.07) is 0. The summed E-state index contributed by atoms with van der Waals surface area (Å²) in [5.74, 6) is 0.868. The smallest absolute Gasteiger partial charge is 0.0124 e. The second-order valence-corrected chi connectivity index (χ2v) is 3.89. The van der Waals surface area contributed by atoms with Crippen LogP contribution >= 0.6 is 0 Å². The molecule has 1 atom stereocenters. The van der Waals surface area contributed by atoms with E-state index < -0.39 is 0 Å². The number of hydrogen-bond donors (Lipinski definition) is 0. The van der Waals surface area contributed by atoms with Crippen LogP contribution in [0.25, 0.3) is 0 Å². The summed E-state index contributed by atoms with van der Waals surface area (Å²) in [6.07, 6.45) is 7.82. The fraction of sp³-hybridized carbons (Fsp3) is 0.636. The van der Waals surface area contributed by atoms with Crippen molar-refractivity contribution in [2.45, 2.75) is 39.5 Å². The van der Waals surface area contributed by atoms with Gasteiger partial charge in [0.05, 0.1) is 0 Å². The molecular formula is C11H16. The first-order valence-electron chi connectivity index (χ1n) is 4.68. The molecule has 0 amide bonds. The molecule has 0 bridgehead atoms. The zero-order valence-corrected chi connectivity index (χ0v) is 7.48. The highest BCUT2D eigenvalue weighted by Gasteiger charge is 2.22. The minimum absolute atomic E-state index is 0.868. The molecule has 0 aromatic rings. The molecule has 0 aromatic heterocycles. The normalized spacial score (nSPS) is 30.4. The van der Waals surface area contributed by atoms with Gasteiger partial charge in [0.25, 0.3) is 0 Å². The molecule has 0 unspecified atom stereocenters. The van der Waals surface area contributed by atoms with E-state index in [1.54, 1.807) is 16.7 Å². The predicted octanol–water partition coefficient (Wildman–Crippen LogP) is 3.45. The lowest BCUT2D eigenvalue weighted by molar-refractivity contribution is 0.536. The summed E-state index contributed by atoms with van der Waals surface area (Å²) in [5, 5.41) is 0. The molecular weight excluding hydrogens is 132 g/mol. The Morgan fingerprint density at radius 1 is 1.45 bits per heavy atom. The van der Waals surface area contributed by atoms with E-state index in [-0.39, 0.29) is 0 Å². The Bertz CT molecular complexity index is 230. The molecule has 2 aliphatic rings. The van der Waals surface area contributed by atoms with Crippen LogP contribution in [0.15, 0.2) is 22.8 Å². The summed E-state index contributed by atoms with van der Waals surface area (Å²) < 4.78 is 0. The number of rotatable bonds is 0. The minimum atomic E-state index is 0.868. The topological polar surface area (TPSA) is 0 Å². The van der Waals surface area contributed by atoms with Crippen molar-refractivity contribution in [3.63, 3.8) is 0 Å². The van der Waals surface area contributed by atoms with E-state index in [1.165, 1.54) is 25.7 Å². The van der Waals surface area contributed by atoms with Gasteiger partial charge in [0.15, 0.2) is 0 Å². The number of allylic oxidation sites excluding steroid dienone is 4. The lowest BCUT2D eigenvalue weighted by Gasteiger charge is -2.22. The summed E-state index contributed by atoms with van der Waals surface area (Å²) >= 11 is 0. The number of hydrogen-bond acceptors (Lipinski definition) is 0. The maximum absolute atomic E-state index is 2.40. The molecule has 11 heavy (non-hydrogen) atoms. The molecule has 0 heteroatoms. The highest BCUT2D eigenvalue weighted by atomic mass is 14.3. The van der Waals surface area contributed by atoms with Crippen molar-refractivity contribution >= 4 is 0 Å². The Hall–Kier alpha value is -0.520. The molecule has 0 radical (unpaired) electrons. The van der Waals surface area contributed by atoms with Crippen LogP contribution in [0.4, 0.5) is 0 Å². The van der Waals surface area contributed by atoms with E-state index in [0.717, 1.165) is 5.92 Å². The second kappa shape index (κ2) is 2.51. The summed E-state index contributed by atoms with van der Waals surface area (Å²) in [5.41, 5.74) is 5.00. The molecule has 0 saturated carbocycles. The van der Waals surface area contributed by atoms with Crippen molar-refractivity contribution in [3.8, 4) is 0 Å². The van der Waals surface area contributed by atoms with E-state index in [2.05, 4.69) is 19.9 Å². The van der Waals surface area contributed by atoms with Gasteiger partial charge in [0.1, 0.15) is 0 Å². The zero-order chi connectivity index (χ0) is 7.84. The molecule has 60 valence electrons. The van der Waals surface area contributed by atoms with Crippen LogP contribution in [0.3, 0.4) is 0 Å². The molecule has 0 aromatic carbocycles. The largest absolute Gasteiger partial charge is 0.0772 e. The molecule has 0 spiro atoms. The maximum Gasteiger partial charge on any atom is -0.0124 e. The van der Waals surface area contributed by atoms with Crippen LogP contribution in [-0.4, -0.2) is 0 Å². The highest BCUT2D eigenvalue weighted by Crippen LogP contribution is 2.39. The van der Waals surface area contributed by atoms with Crippen LogP contribution in [0.5, 0.6) is 0 Å². The maximum atomic E-state index is 2.40. The quantitative estimate of drug-likeness (QED) is 0.493. The average Bonchev–Trinajstić information content (AvgIpc) is 2.35. The second-order valence-electron chi connectivity index (χ2n) is 3.89. The van der Waals surface area contributed by atoms with E-state index in [0.29, 0.717) is 0 Å². The van der Waals surface area contributed by atoms with Crippen LogP contribution in [0.2, 0.25) is 0 Å². The minimum Gasteiger partial charge on any atom is -0.0772 e. The Kier molecular flexibility index (Phi) is 1.63. The first-order valence-corrected chi connectivity index (χ1v) is 4.68. The first-order chi connectivity index (χ1) is 5.29. The lowest BCUT2D eigenvalue weighted by Crippen LogP contribution is -2.06. The first kappa shape index (κ1) is 7.15. The monoisotopic (exact) mass is 148 g/mol. The van der Waals surface area contributed by atoms with Gasteiger partial charge in [-0.25, -0.2) is 0 Å². The predicted molar refractivity (Wildman–Crippen MR) is 48.4 cm³/mol. The van der Waals surface area contributed by atoms with Crippen molar-refractivity contribution < 1.29 is 0 Å². The molecule has 0 saturated heterocycles. The summed E-state index contributed by atoms with van der Waals surface area (Å²) in [7, 11) is 0. The Labute approximate surface area is 69.0 Å². The van der Waals surface area contributed by atoms with E-state index in [9.17, 15) is 0 Å². The van der Waals surface area contributed by atoms with Gasteiger partial charge in [0, 0.05) is 0 Å². The summed E-state index contributed by atoms with van der Waals surface area (Å²) in [6.45, 7) is 4.64. The van der Waals surface area contributed by atoms with Crippen LogP contribution in [-0.2, 0) is 0 Å². The third-order valence-corrected chi connectivity index (χ3v) is 3.15. The summed E-state index contributed by atoms with van der Waals surface area (Å²) in [4.78, 5) is 0. The Morgan fingerprint density at radius 3 is 3.00 bits per heavy atom. The van der Waals surface area contributed by atoms with Crippen molar-refractivity contribution in [1.82, 2.24) is 0 Å². The standard InChI is InChI=1S/C11H16/c1-8-4-3-5-10-9(2)6-7-11(8)10/h6,8H,3-5,7H2,1-2H3/t8-/m0/s1.